The Morgan fingerprint density at radius 3 is 2.41 bits per heavy atom. The zero-order valence-electron chi connectivity index (χ0n) is 9.11. The Labute approximate surface area is 99.1 Å². The van der Waals surface area contributed by atoms with Crippen molar-refractivity contribution >= 4 is 5.91 Å². The Balaban J connectivity index is 1.96. The normalized spacial score (nSPS) is 9.94. The fourth-order valence-electron chi connectivity index (χ4n) is 1.42. The minimum Gasteiger partial charge on any atom is -0.348 e. The number of hydrogen-bond donors (Lipinski definition) is 1. The van der Waals surface area contributed by atoms with Crippen LogP contribution in [0.4, 0.5) is 4.39 Å². The third-order valence-corrected chi connectivity index (χ3v) is 2.35. The van der Waals surface area contributed by atoms with Gasteiger partial charge in [-0.05, 0) is 35.9 Å². The summed E-state index contributed by atoms with van der Waals surface area (Å²) >= 11 is 0. The average Bonchev–Trinajstić information content (AvgIpc) is 2.38. The highest BCUT2D eigenvalue weighted by atomic mass is 19.1. The van der Waals surface area contributed by atoms with Gasteiger partial charge >= 0.3 is 0 Å². The molecule has 0 saturated carbocycles. The first-order valence-corrected chi connectivity index (χ1v) is 5.24. The van der Waals surface area contributed by atoms with E-state index < -0.39 is 0 Å². The van der Waals surface area contributed by atoms with Gasteiger partial charge in [-0.15, -0.1) is 0 Å². The fraction of sp³-hybridized carbons (Fsp3) is 0.0714. The van der Waals surface area contributed by atoms with Crippen LogP contribution in [0.5, 0.6) is 0 Å². The maximum atomic E-state index is 12.7. The molecule has 1 amide bonds. The molecule has 17 heavy (non-hydrogen) atoms. The Bertz CT molecular complexity index is 493. The number of amides is 1. The Hall–Kier alpha value is -2.16. The van der Waals surface area contributed by atoms with E-state index in [0.29, 0.717) is 12.1 Å². The highest BCUT2D eigenvalue weighted by Gasteiger charge is 2.04. The number of halogens is 1. The van der Waals surface area contributed by atoms with Crippen LogP contribution in [0, 0.1) is 11.9 Å². The van der Waals surface area contributed by atoms with Crippen LogP contribution in [-0.4, -0.2) is 5.91 Å². The molecule has 0 unspecified atom stereocenters. The Morgan fingerprint density at radius 1 is 1.12 bits per heavy atom. The zero-order valence-corrected chi connectivity index (χ0v) is 9.11. The summed E-state index contributed by atoms with van der Waals surface area (Å²) in [4.78, 5) is 11.7. The lowest BCUT2D eigenvalue weighted by molar-refractivity contribution is 0.0951. The number of carbonyl (C=O) groups is 1. The molecule has 0 fully saturated rings. The molecule has 0 aliphatic heterocycles. The summed E-state index contributed by atoms with van der Waals surface area (Å²) < 4.78 is 12.7. The van der Waals surface area contributed by atoms with Crippen LogP contribution in [0.15, 0.2) is 48.5 Å². The van der Waals surface area contributed by atoms with E-state index in [-0.39, 0.29) is 11.7 Å². The molecule has 2 aromatic rings. The molecule has 0 atom stereocenters. The molecule has 0 saturated heterocycles. The molecule has 0 aliphatic carbocycles. The van der Waals surface area contributed by atoms with Gasteiger partial charge < -0.3 is 5.32 Å². The number of nitrogens with one attached hydrogen (secondary N) is 1. The summed E-state index contributed by atoms with van der Waals surface area (Å²) in [5.41, 5.74) is 1.45. The van der Waals surface area contributed by atoms with Crippen molar-refractivity contribution in [3.05, 3.63) is 71.5 Å². The average molecular weight is 228 g/mol. The predicted octanol–water partition coefficient (Wildman–Crippen LogP) is 2.56. The molecule has 85 valence electrons. The van der Waals surface area contributed by atoms with Gasteiger partial charge in [0.25, 0.3) is 5.91 Å². The van der Waals surface area contributed by atoms with Gasteiger partial charge in [-0.3, -0.25) is 4.79 Å². The summed E-state index contributed by atoms with van der Waals surface area (Å²) in [5.74, 6) is -0.557. The highest BCUT2D eigenvalue weighted by molar-refractivity contribution is 5.94. The van der Waals surface area contributed by atoms with Crippen molar-refractivity contribution in [1.29, 1.82) is 0 Å². The molecular weight excluding hydrogens is 217 g/mol. The largest absolute Gasteiger partial charge is 0.348 e. The topological polar surface area (TPSA) is 29.1 Å². The van der Waals surface area contributed by atoms with Crippen LogP contribution in [-0.2, 0) is 6.54 Å². The van der Waals surface area contributed by atoms with Crippen molar-refractivity contribution in [2.45, 2.75) is 6.54 Å². The van der Waals surface area contributed by atoms with Crippen molar-refractivity contribution in [2.24, 2.45) is 0 Å². The van der Waals surface area contributed by atoms with E-state index in [2.05, 4.69) is 11.4 Å². The maximum absolute atomic E-state index is 12.7. The van der Waals surface area contributed by atoms with Crippen LogP contribution in [0.3, 0.4) is 0 Å². The van der Waals surface area contributed by atoms with Crippen LogP contribution >= 0.6 is 0 Å². The van der Waals surface area contributed by atoms with Gasteiger partial charge in [-0.25, -0.2) is 4.39 Å². The quantitative estimate of drug-likeness (QED) is 0.859. The van der Waals surface area contributed by atoms with Gasteiger partial charge in [0.2, 0.25) is 0 Å². The number of benzene rings is 2. The second-order valence-electron chi connectivity index (χ2n) is 3.60. The first-order valence-electron chi connectivity index (χ1n) is 5.24. The molecule has 0 spiro atoms. The van der Waals surface area contributed by atoms with Crippen LogP contribution in [0.2, 0.25) is 0 Å². The molecule has 1 N–H and O–H groups in total. The molecule has 3 heteroatoms. The number of hydrogen-bond acceptors (Lipinski definition) is 1. The second-order valence-corrected chi connectivity index (χ2v) is 3.60. The van der Waals surface area contributed by atoms with Crippen molar-refractivity contribution in [2.75, 3.05) is 0 Å². The molecule has 0 aromatic heterocycles. The molecule has 1 radical (unpaired) electrons. The van der Waals surface area contributed by atoms with E-state index in [0.717, 1.165) is 5.56 Å². The van der Waals surface area contributed by atoms with Gasteiger partial charge in [0, 0.05) is 12.1 Å². The minimum absolute atomic E-state index is 0.210. The van der Waals surface area contributed by atoms with Gasteiger partial charge in [0.05, 0.1) is 0 Å². The third-order valence-electron chi connectivity index (χ3n) is 2.35. The highest BCUT2D eigenvalue weighted by Crippen LogP contribution is 2.03. The summed E-state index contributed by atoms with van der Waals surface area (Å²) in [6.45, 7) is 0.449. The summed E-state index contributed by atoms with van der Waals surface area (Å²) in [6.07, 6.45) is 0. The summed E-state index contributed by atoms with van der Waals surface area (Å²) in [5, 5.41) is 2.76. The van der Waals surface area contributed by atoms with Gasteiger partial charge in [-0.2, -0.15) is 0 Å². The molecule has 0 aliphatic rings. The Morgan fingerprint density at radius 2 is 1.76 bits per heavy atom. The van der Waals surface area contributed by atoms with Gasteiger partial charge in [0.1, 0.15) is 5.82 Å². The molecule has 0 heterocycles. The molecule has 2 aromatic carbocycles. The van der Waals surface area contributed by atoms with E-state index in [1.54, 1.807) is 12.1 Å². The van der Waals surface area contributed by atoms with Crippen LogP contribution in [0.1, 0.15) is 15.9 Å². The molecule has 2 rings (SSSR count). The smallest absolute Gasteiger partial charge is 0.251 e. The second kappa shape index (κ2) is 5.25. The zero-order chi connectivity index (χ0) is 12.1. The van der Waals surface area contributed by atoms with E-state index in [1.807, 2.05) is 12.1 Å². The van der Waals surface area contributed by atoms with Crippen molar-refractivity contribution in [3.8, 4) is 0 Å². The molecule has 0 bridgehead atoms. The summed E-state index contributed by atoms with van der Waals surface area (Å²) in [6, 6.07) is 15.7. The lowest BCUT2D eigenvalue weighted by Gasteiger charge is -2.05. The van der Waals surface area contributed by atoms with E-state index >= 15 is 0 Å². The lowest BCUT2D eigenvalue weighted by Crippen LogP contribution is -2.22. The van der Waals surface area contributed by atoms with E-state index in [1.165, 1.54) is 24.3 Å². The van der Waals surface area contributed by atoms with Crippen molar-refractivity contribution in [3.63, 3.8) is 0 Å². The maximum Gasteiger partial charge on any atom is 0.251 e. The first-order chi connectivity index (χ1) is 8.25. The molecule has 2 nitrogen and oxygen atoms in total. The van der Waals surface area contributed by atoms with E-state index in [9.17, 15) is 9.18 Å². The van der Waals surface area contributed by atoms with Crippen molar-refractivity contribution < 1.29 is 9.18 Å². The van der Waals surface area contributed by atoms with Gasteiger partial charge in [-0.1, -0.05) is 24.3 Å². The number of carbonyl (C=O) groups excluding carboxylic acids is 1. The third kappa shape index (κ3) is 3.14. The minimum atomic E-state index is -0.347. The molecular formula is C14H11FNO. The standard InChI is InChI=1S/C14H11FNO/c15-13-8-6-12(7-9-13)14(17)16-10-11-4-2-1-3-5-11/h2-9H,10H2,(H,16,17). The lowest BCUT2D eigenvalue weighted by atomic mass is 10.2. The van der Waals surface area contributed by atoms with Crippen molar-refractivity contribution in [1.82, 2.24) is 5.32 Å². The fourth-order valence-corrected chi connectivity index (χ4v) is 1.42. The van der Waals surface area contributed by atoms with Gasteiger partial charge in [0.15, 0.2) is 0 Å². The predicted molar refractivity (Wildman–Crippen MR) is 62.8 cm³/mol. The van der Waals surface area contributed by atoms with Crippen LogP contribution in [0.25, 0.3) is 0 Å². The SMILES string of the molecule is O=C(NCc1cc[c]cc1)c1ccc(F)cc1. The Kier molecular flexibility index (Phi) is 3.50. The first kappa shape index (κ1) is 11.3. The summed E-state index contributed by atoms with van der Waals surface area (Å²) in [7, 11) is 0. The van der Waals surface area contributed by atoms with Crippen LogP contribution < -0.4 is 5.32 Å². The number of rotatable bonds is 3. The van der Waals surface area contributed by atoms with E-state index in [4.69, 9.17) is 0 Å². The monoisotopic (exact) mass is 228 g/mol.